The van der Waals surface area contributed by atoms with Crippen molar-refractivity contribution in [1.82, 2.24) is 0 Å². The van der Waals surface area contributed by atoms with Crippen LogP contribution < -0.4 is 0 Å². The van der Waals surface area contributed by atoms with Crippen molar-refractivity contribution in [3.05, 3.63) is 82.9 Å². The van der Waals surface area contributed by atoms with Gasteiger partial charge in [0, 0.05) is 6.42 Å². The summed E-state index contributed by atoms with van der Waals surface area (Å²) >= 11 is 0. The van der Waals surface area contributed by atoms with Crippen LogP contribution in [0.15, 0.2) is 60.7 Å². The van der Waals surface area contributed by atoms with E-state index in [1.54, 1.807) is 36.4 Å². The van der Waals surface area contributed by atoms with Gasteiger partial charge in [-0.1, -0.05) is 72.8 Å². The fraction of sp³-hybridized carbons (Fsp3) is 0.238. The van der Waals surface area contributed by atoms with Crippen molar-refractivity contribution in [2.45, 2.75) is 29.8 Å². The lowest BCUT2D eigenvalue weighted by molar-refractivity contribution is -0.150. The Labute approximate surface area is 146 Å². The SMILES string of the molecule is OC1C=Cc2ccccc2C1(O)CC1(O)c2ccccc2C=CC1O. The lowest BCUT2D eigenvalue weighted by Gasteiger charge is -2.44. The van der Waals surface area contributed by atoms with Crippen molar-refractivity contribution in [3.8, 4) is 0 Å². The van der Waals surface area contributed by atoms with Gasteiger partial charge in [-0.2, -0.15) is 0 Å². The first-order valence-corrected chi connectivity index (χ1v) is 8.31. The van der Waals surface area contributed by atoms with E-state index in [-0.39, 0.29) is 6.42 Å². The summed E-state index contributed by atoms with van der Waals surface area (Å²) in [6.45, 7) is 0. The van der Waals surface area contributed by atoms with Gasteiger partial charge in [0.05, 0.1) is 0 Å². The molecule has 4 unspecified atom stereocenters. The van der Waals surface area contributed by atoms with Gasteiger partial charge in [-0.05, 0) is 22.3 Å². The molecule has 4 nitrogen and oxygen atoms in total. The van der Waals surface area contributed by atoms with Crippen LogP contribution in [0.3, 0.4) is 0 Å². The van der Waals surface area contributed by atoms with E-state index in [1.165, 1.54) is 12.2 Å². The van der Waals surface area contributed by atoms with Crippen LogP contribution in [0.25, 0.3) is 12.2 Å². The van der Waals surface area contributed by atoms with Crippen molar-refractivity contribution < 1.29 is 20.4 Å². The van der Waals surface area contributed by atoms with E-state index in [1.807, 2.05) is 24.3 Å². The number of fused-ring (bicyclic) bond motifs is 2. The van der Waals surface area contributed by atoms with E-state index in [2.05, 4.69) is 0 Å². The van der Waals surface area contributed by atoms with Crippen LogP contribution in [0.4, 0.5) is 0 Å². The molecule has 128 valence electrons. The topological polar surface area (TPSA) is 80.9 Å². The minimum Gasteiger partial charge on any atom is -0.386 e. The average Bonchev–Trinajstić information content (AvgIpc) is 2.62. The van der Waals surface area contributed by atoms with Crippen LogP contribution >= 0.6 is 0 Å². The first-order valence-electron chi connectivity index (χ1n) is 8.31. The summed E-state index contributed by atoms with van der Waals surface area (Å²) in [6, 6.07) is 14.4. The number of hydrogen-bond donors (Lipinski definition) is 4. The van der Waals surface area contributed by atoms with Gasteiger partial charge in [-0.25, -0.2) is 0 Å². The van der Waals surface area contributed by atoms with Crippen LogP contribution in [-0.2, 0) is 11.2 Å². The minimum absolute atomic E-state index is 0.231. The Bertz CT molecular complexity index is 800. The summed E-state index contributed by atoms with van der Waals surface area (Å²) in [6.07, 6.45) is 3.94. The number of benzene rings is 2. The molecule has 0 bridgehead atoms. The Morgan fingerprint density at radius 3 is 1.52 bits per heavy atom. The highest BCUT2D eigenvalue weighted by Gasteiger charge is 2.50. The Morgan fingerprint density at radius 2 is 1.08 bits per heavy atom. The van der Waals surface area contributed by atoms with E-state index in [4.69, 9.17) is 0 Å². The van der Waals surface area contributed by atoms with Gasteiger partial charge in [-0.15, -0.1) is 0 Å². The summed E-state index contributed by atoms with van der Waals surface area (Å²) in [5.41, 5.74) is -0.769. The zero-order valence-corrected chi connectivity index (χ0v) is 13.6. The summed E-state index contributed by atoms with van der Waals surface area (Å²) in [4.78, 5) is 0. The predicted octanol–water partition coefficient (Wildman–Crippen LogP) is 1.93. The molecule has 4 N–H and O–H groups in total. The van der Waals surface area contributed by atoms with Gasteiger partial charge in [0.15, 0.2) is 0 Å². The Kier molecular flexibility index (Phi) is 3.67. The maximum absolute atomic E-state index is 11.4. The van der Waals surface area contributed by atoms with Gasteiger partial charge < -0.3 is 20.4 Å². The fourth-order valence-electron chi connectivity index (χ4n) is 3.91. The maximum Gasteiger partial charge on any atom is 0.123 e. The summed E-state index contributed by atoms with van der Waals surface area (Å²) < 4.78 is 0. The molecular formula is C21H20O4. The highest BCUT2D eigenvalue weighted by Crippen LogP contribution is 2.46. The Balaban J connectivity index is 1.83. The Hall–Kier alpha value is -2.24. The largest absolute Gasteiger partial charge is 0.386 e. The molecule has 0 radical (unpaired) electrons. The van der Waals surface area contributed by atoms with Crippen molar-refractivity contribution in [2.24, 2.45) is 0 Å². The number of aliphatic hydroxyl groups excluding tert-OH is 2. The highest BCUT2D eigenvalue weighted by atomic mass is 16.4. The third-order valence-corrected chi connectivity index (χ3v) is 5.29. The molecule has 4 heteroatoms. The van der Waals surface area contributed by atoms with Gasteiger partial charge in [0.2, 0.25) is 0 Å². The van der Waals surface area contributed by atoms with Crippen LogP contribution in [0.1, 0.15) is 28.7 Å². The molecule has 4 atom stereocenters. The van der Waals surface area contributed by atoms with Gasteiger partial charge in [-0.3, -0.25) is 0 Å². The summed E-state index contributed by atoms with van der Waals surface area (Å²) in [7, 11) is 0. The molecule has 0 aromatic heterocycles. The second-order valence-corrected chi connectivity index (χ2v) is 6.81. The lowest BCUT2D eigenvalue weighted by atomic mass is 9.68. The molecule has 0 amide bonds. The summed E-state index contributed by atoms with van der Waals surface area (Å²) in [5, 5.41) is 43.7. The quantitative estimate of drug-likeness (QED) is 0.675. The average molecular weight is 336 g/mol. The first-order chi connectivity index (χ1) is 11.9. The number of aliphatic hydroxyl groups is 4. The molecule has 25 heavy (non-hydrogen) atoms. The molecule has 0 heterocycles. The molecule has 0 saturated carbocycles. The van der Waals surface area contributed by atoms with Crippen molar-refractivity contribution in [2.75, 3.05) is 0 Å². The molecule has 2 aliphatic rings. The maximum atomic E-state index is 11.4. The Morgan fingerprint density at radius 1 is 0.680 bits per heavy atom. The molecule has 0 aliphatic heterocycles. The second kappa shape index (κ2) is 5.64. The number of hydrogen-bond acceptors (Lipinski definition) is 4. The first kappa shape index (κ1) is 16.2. The van der Waals surface area contributed by atoms with Crippen LogP contribution in [0.2, 0.25) is 0 Å². The monoisotopic (exact) mass is 336 g/mol. The molecular weight excluding hydrogens is 316 g/mol. The van der Waals surface area contributed by atoms with E-state index in [9.17, 15) is 20.4 Å². The van der Waals surface area contributed by atoms with Gasteiger partial charge in [0.1, 0.15) is 23.4 Å². The van der Waals surface area contributed by atoms with E-state index >= 15 is 0 Å². The molecule has 2 aliphatic carbocycles. The van der Waals surface area contributed by atoms with E-state index in [0.717, 1.165) is 11.1 Å². The molecule has 4 rings (SSSR count). The summed E-state index contributed by atoms with van der Waals surface area (Å²) in [5.74, 6) is 0. The smallest absolute Gasteiger partial charge is 0.123 e. The van der Waals surface area contributed by atoms with Crippen molar-refractivity contribution in [1.29, 1.82) is 0 Å². The highest BCUT2D eigenvalue weighted by molar-refractivity contribution is 5.62. The van der Waals surface area contributed by atoms with Crippen LogP contribution in [-0.4, -0.2) is 32.6 Å². The van der Waals surface area contributed by atoms with E-state index < -0.39 is 23.4 Å². The third-order valence-electron chi connectivity index (χ3n) is 5.29. The normalized spacial score (nSPS) is 33.0. The lowest BCUT2D eigenvalue weighted by Crippen LogP contribution is -2.51. The van der Waals surface area contributed by atoms with Crippen molar-refractivity contribution in [3.63, 3.8) is 0 Å². The predicted molar refractivity (Wildman–Crippen MR) is 95.4 cm³/mol. The molecule has 0 spiro atoms. The van der Waals surface area contributed by atoms with Crippen molar-refractivity contribution >= 4 is 12.2 Å². The van der Waals surface area contributed by atoms with Crippen LogP contribution in [0, 0.1) is 0 Å². The molecule has 0 fully saturated rings. The second-order valence-electron chi connectivity index (χ2n) is 6.81. The third kappa shape index (κ3) is 2.38. The fourth-order valence-corrected chi connectivity index (χ4v) is 3.91. The molecule has 0 saturated heterocycles. The van der Waals surface area contributed by atoms with E-state index in [0.29, 0.717) is 11.1 Å². The molecule has 2 aromatic rings. The zero-order chi connectivity index (χ0) is 17.7. The van der Waals surface area contributed by atoms with Crippen LogP contribution in [0.5, 0.6) is 0 Å². The zero-order valence-electron chi connectivity index (χ0n) is 13.6. The number of rotatable bonds is 2. The van der Waals surface area contributed by atoms with Gasteiger partial charge >= 0.3 is 0 Å². The molecule has 2 aromatic carbocycles. The van der Waals surface area contributed by atoms with Gasteiger partial charge in [0.25, 0.3) is 0 Å². The minimum atomic E-state index is -1.71. The standard InChI is InChI=1S/C21H20O4/c22-18-11-9-14-5-1-3-7-16(14)20(18,24)13-21(25)17-8-4-2-6-15(17)10-12-19(21)23/h1-12,18-19,22-25H,13H2.